The van der Waals surface area contributed by atoms with E-state index in [-0.39, 0.29) is 11.9 Å². The highest BCUT2D eigenvalue weighted by atomic mass is 79.9. The van der Waals surface area contributed by atoms with E-state index in [1.54, 1.807) is 17.8 Å². The molecule has 1 amide bonds. The highest BCUT2D eigenvalue weighted by Crippen LogP contribution is 2.29. The van der Waals surface area contributed by atoms with Crippen LogP contribution in [0.25, 0.3) is 0 Å². The van der Waals surface area contributed by atoms with Gasteiger partial charge in [-0.3, -0.25) is 9.48 Å². The van der Waals surface area contributed by atoms with Crippen molar-refractivity contribution in [2.75, 3.05) is 0 Å². The number of carbonyl (C=O) groups is 1. The Morgan fingerprint density at radius 3 is 2.54 bits per heavy atom. The van der Waals surface area contributed by atoms with Gasteiger partial charge >= 0.3 is 6.18 Å². The second-order valence-electron chi connectivity index (χ2n) is 5.43. The number of aromatic nitrogens is 2. The average molecular weight is 404 g/mol. The Labute approximate surface area is 146 Å². The summed E-state index contributed by atoms with van der Waals surface area (Å²) in [6.07, 6.45) is 0.0874. The lowest BCUT2D eigenvalue weighted by Gasteiger charge is -2.15. The van der Waals surface area contributed by atoms with Crippen molar-refractivity contribution in [3.8, 4) is 0 Å². The maximum absolute atomic E-state index is 12.5. The lowest BCUT2D eigenvalue weighted by atomic mass is 10.1. The van der Waals surface area contributed by atoms with Crippen LogP contribution >= 0.6 is 15.9 Å². The second-order valence-corrected chi connectivity index (χ2v) is 6.35. The normalized spacial score (nSPS) is 12.9. The van der Waals surface area contributed by atoms with Gasteiger partial charge in [-0.25, -0.2) is 0 Å². The van der Waals surface area contributed by atoms with Crippen LogP contribution in [-0.4, -0.2) is 15.7 Å². The summed E-state index contributed by atoms with van der Waals surface area (Å²) in [5, 5.41) is 6.88. The fourth-order valence-corrected chi connectivity index (χ4v) is 2.55. The van der Waals surface area contributed by atoms with Crippen molar-refractivity contribution in [1.29, 1.82) is 0 Å². The summed E-state index contributed by atoms with van der Waals surface area (Å²) in [7, 11) is 0. The van der Waals surface area contributed by atoms with E-state index in [4.69, 9.17) is 0 Å². The molecular formula is C16H17BrF3N3O. The Morgan fingerprint density at radius 2 is 2.00 bits per heavy atom. The van der Waals surface area contributed by atoms with Crippen molar-refractivity contribution in [3.05, 3.63) is 52.3 Å². The smallest absolute Gasteiger partial charge is 0.350 e. The maximum atomic E-state index is 12.5. The summed E-state index contributed by atoms with van der Waals surface area (Å²) >= 11 is 3.30. The minimum Gasteiger partial charge on any atom is -0.350 e. The highest BCUT2D eigenvalue weighted by Gasteiger charge is 2.30. The van der Waals surface area contributed by atoms with E-state index in [0.717, 1.165) is 16.6 Å². The molecule has 2 rings (SSSR count). The third kappa shape index (κ3) is 5.36. The lowest BCUT2D eigenvalue weighted by molar-refractivity contribution is -0.137. The van der Waals surface area contributed by atoms with E-state index in [9.17, 15) is 18.0 Å². The number of carbonyl (C=O) groups excluding carboxylic acids is 1. The molecule has 0 saturated carbocycles. The van der Waals surface area contributed by atoms with Crippen LogP contribution in [0.3, 0.4) is 0 Å². The van der Waals surface area contributed by atoms with Gasteiger partial charge in [0.15, 0.2) is 0 Å². The van der Waals surface area contributed by atoms with Crippen LogP contribution in [0.4, 0.5) is 13.2 Å². The van der Waals surface area contributed by atoms with Crippen LogP contribution in [0.1, 0.15) is 36.9 Å². The molecule has 1 heterocycles. The zero-order valence-corrected chi connectivity index (χ0v) is 14.6. The largest absolute Gasteiger partial charge is 0.416 e. The van der Waals surface area contributed by atoms with E-state index in [1.807, 2.05) is 6.20 Å². The predicted molar refractivity (Wildman–Crippen MR) is 87.2 cm³/mol. The first-order valence-corrected chi connectivity index (χ1v) is 8.19. The molecule has 2 aromatic rings. The fraction of sp³-hybridized carbons (Fsp3) is 0.375. The zero-order chi connectivity index (χ0) is 17.7. The molecule has 4 nitrogen and oxygen atoms in total. The van der Waals surface area contributed by atoms with Crippen molar-refractivity contribution in [2.24, 2.45) is 0 Å². The highest BCUT2D eigenvalue weighted by molar-refractivity contribution is 9.10. The minimum absolute atomic E-state index is 0.145. The number of amides is 1. The Balaban J connectivity index is 1.80. The van der Waals surface area contributed by atoms with Crippen LogP contribution in [0.5, 0.6) is 0 Å². The van der Waals surface area contributed by atoms with Crippen molar-refractivity contribution < 1.29 is 18.0 Å². The van der Waals surface area contributed by atoms with E-state index in [2.05, 4.69) is 26.3 Å². The van der Waals surface area contributed by atoms with Crippen LogP contribution in [0, 0.1) is 0 Å². The summed E-state index contributed by atoms with van der Waals surface area (Å²) in [5.41, 5.74) is -0.0671. The Kier molecular flexibility index (Phi) is 6.04. The average Bonchev–Trinajstić information content (AvgIpc) is 2.92. The molecular weight excluding hydrogens is 387 g/mol. The molecule has 0 aliphatic rings. The third-order valence-corrected chi connectivity index (χ3v) is 3.92. The fourth-order valence-electron chi connectivity index (χ4n) is 2.22. The van der Waals surface area contributed by atoms with Gasteiger partial charge in [-0.1, -0.05) is 12.1 Å². The summed E-state index contributed by atoms with van der Waals surface area (Å²) in [6, 6.07) is 4.46. The molecule has 1 aromatic heterocycles. The molecule has 1 unspecified atom stereocenters. The van der Waals surface area contributed by atoms with Gasteiger partial charge in [0.05, 0.1) is 22.3 Å². The van der Waals surface area contributed by atoms with E-state index in [1.165, 1.54) is 12.1 Å². The van der Waals surface area contributed by atoms with E-state index >= 15 is 0 Å². The molecule has 8 heteroatoms. The quantitative estimate of drug-likeness (QED) is 0.780. The summed E-state index contributed by atoms with van der Waals surface area (Å²) in [6.45, 7) is 2.36. The van der Waals surface area contributed by atoms with Crippen molar-refractivity contribution in [1.82, 2.24) is 15.1 Å². The molecule has 24 heavy (non-hydrogen) atoms. The van der Waals surface area contributed by atoms with Crippen LogP contribution in [-0.2, 0) is 17.5 Å². The van der Waals surface area contributed by atoms with Gasteiger partial charge in [0.2, 0.25) is 5.91 Å². The second kappa shape index (κ2) is 7.83. The summed E-state index contributed by atoms with van der Waals surface area (Å²) < 4.78 is 40.2. The molecule has 0 radical (unpaired) electrons. The topological polar surface area (TPSA) is 46.9 Å². The third-order valence-electron chi connectivity index (χ3n) is 3.51. The summed E-state index contributed by atoms with van der Waals surface area (Å²) in [4.78, 5) is 11.9. The van der Waals surface area contributed by atoms with Gasteiger partial charge in [-0.15, -0.1) is 0 Å². The molecule has 0 fully saturated rings. The molecule has 130 valence electrons. The van der Waals surface area contributed by atoms with Crippen molar-refractivity contribution in [2.45, 2.75) is 38.5 Å². The number of rotatable bonds is 6. The molecule has 1 atom stereocenters. The van der Waals surface area contributed by atoms with Crippen LogP contribution < -0.4 is 5.32 Å². The number of alkyl halides is 3. The molecule has 0 aliphatic carbocycles. The molecule has 0 spiro atoms. The SMILES string of the molecule is CC(NC(=O)CCCn1cc(Br)cn1)c1ccc(C(F)(F)F)cc1. The standard InChI is InChI=1S/C16H17BrF3N3O/c1-11(12-4-6-13(7-5-12)16(18,19)20)22-15(24)3-2-8-23-10-14(17)9-21-23/h4-7,9-11H,2-3,8H2,1H3,(H,22,24). The number of benzene rings is 1. The van der Waals surface area contributed by atoms with Gasteiger partial charge in [0.25, 0.3) is 0 Å². The Hall–Kier alpha value is -1.83. The molecule has 0 aliphatic heterocycles. The van der Waals surface area contributed by atoms with Gasteiger partial charge in [-0.05, 0) is 47.0 Å². The predicted octanol–water partition coefficient (Wildman–Crippen LogP) is 4.32. The first-order chi connectivity index (χ1) is 11.3. The zero-order valence-electron chi connectivity index (χ0n) is 13.0. The number of hydrogen-bond donors (Lipinski definition) is 1. The summed E-state index contributed by atoms with van der Waals surface area (Å²) in [5.74, 6) is -0.145. The monoisotopic (exact) mass is 403 g/mol. The van der Waals surface area contributed by atoms with E-state index in [0.29, 0.717) is 24.9 Å². The van der Waals surface area contributed by atoms with Gasteiger partial charge in [0.1, 0.15) is 0 Å². The lowest BCUT2D eigenvalue weighted by Crippen LogP contribution is -2.26. The maximum Gasteiger partial charge on any atom is 0.416 e. The van der Waals surface area contributed by atoms with Crippen molar-refractivity contribution >= 4 is 21.8 Å². The first-order valence-electron chi connectivity index (χ1n) is 7.40. The number of halogens is 4. The van der Waals surface area contributed by atoms with E-state index < -0.39 is 11.7 Å². The molecule has 1 aromatic carbocycles. The number of nitrogens with one attached hydrogen (secondary N) is 1. The number of hydrogen-bond acceptors (Lipinski definition) is 2. The van der Waals surface area contributed by atoms with Gasteiger partial charge < -0.3 is 5.32 Å². The van der Waals surface area contributed by atoms with Crippen LogP contribution in [0.15, 0.2) is 41.1 Å². The number of aryl methyl sites for hydroxylation is 1. The molecule has 1 N–H and O–H groups in total. The van der Waals surface area contributed by atoms with Gasteiger partial charge in [-0.2, -0.15) is 18.3 Å². The Bertz CT molecular complexity index is 683. The van der Waals surface area contributed by atoms with Gasteiger partial charge in [0, 0.05) is 19.2 Å². The van der Waals surface area contributed by atoms with Crippen molar-refractivity contribution in [3.63, 3.8) is 0 Å². The Morgan fingerprint density at radius 1 is 1.33 bits per heavy atom. The molecule has 0 saturated heterocycles. The first kappa shape index (κ1) is 18.5. The van der Waals surface area contributed by atoms with Crippen LogP contribution in [0.2, 0.25) is 0 Å². The minimum atomic E-state index is -4.35. The molecule has 0 bridgehead atoms. The number of nitrogens with zero attached hydrogens (tertiary/aromatic N) is 2.